The summed E-state index contributed by atoms with van der Waals surface area (Å²) in [5, 5.41) is 2.96. The Labute approximate surface area is 113 Å². The zero-order valence-corrected chi connectivity index (χ0v) is 11.8. The number of hydrogen-bond donors (Lipinski definition) is 1. The summed E-state index contributed by atoms with van der Waals surface area (Å²) in [7, 11) is 0. The number of carbonyl (C=O) groups is 1. The summed E-state index contributed by atoms with van der Waals surface area (Å²) in [6.07, 6.45) is 5.70. The van der Waals surface area contributed by atoms with Crippen LogP contribution >= 0.6 is 11.3 Å². The minimum atomic E-state index is 0.0749. The number of rotatable bonds is 6. The molecule has 18 heavy (non-hydrogen) atoms. The summed E-state index contributed by atoms with van der Waals surface area (Å²) in [6, 6.07) is 2.08. The Hall–Kier alpha value is -0.870. The molecule has 1 N–H and O–H groups in total. The third-order valence-corrected chi connectivity index (χ3v) is 4.41. The van der Waals surface area contributed by atoms with Gasteiger partial charge in [-0.15, -0.1) is 11.3 Å². The standard InChI is InChI=1S/C14H21NO2S/c1-2-17-9-5-8-15-14(16)13-10-11-6-3-4-7-12(11)18-13/h10H,2-9H2,1H3,(H,15,16). The monoisotopic (exact) mass is 267 g/mol. The minimum absolute atomic E-state index is 0.0749. The topological polar surface area (TPSA) is 38.3 Å². The van der Waals surface area contributed by atoms with Gasteiger partial charge in [-0.25, -0.2) is 0 Å². The van der Waals surface area contributed by atoms with Gasteiger partial charge in [0, 0.05) is 24.6 Å². The number of hydrogen-bond acceptors (Lipinski definition) is 3. The highest BCUT2D eigenvalue weighted by atomic mass is 32.1. The first-order valence-electron chi connectivity index (χ1n) is 6.78. The molecule has 0 unspecified atom stereocenters. The van der Waals surface area contributed by atoms with Crippen molar-refractivity contribution in [3.63, 3.8) is 0 Å². The Kier molecular flexibility index (Phi) is 5.20. The smallest absolute Gasteiger partial charge is 0.261 e. The van der Waals surface area contributed by atoms with Crippen LogP contribution < -0.4 is 5.32 Å². The van der Waals surface area contributed by atoms with E-state index in [0.717, 1.165) is 37.4 Å². The van der Waals surface area contributed by atoms with Crippen molar-refractivity contribution in [2.75, 3.05) is 19.8 Å². The predicted molar refractivity (Wildman–Crippen MR) is 74.4 cm³/mol. The number of carbonyl (C=O) groups excluding carboxylic acids is 1. The van der Waals surface area contributed by atoms with E-state index in [4.69, 9.17) is 4.74 Å². The lowest BCUT2D eigenvalue weighted by molar-refractivity contribution is 0.0948. The predicted octanol–water partition coefficient (Wildman–Crippen LogP) is 2.78. The summed E-state index contributed by atoms with van der Waals surface area (Å²) in [4.78, 5) is 14.2. The van der Waals surface area contributed by atoms with Crippen LogP contribution in [0.1, 0.15) is 46.3 Å². The first-order chi connectivity index (χ1) is 8.81. The van der Waals surface area contributed by atoms with E-state index < -0.39 is 0 Å². The highest BCUT2D eigenvalue weighted by Crippen LogP contribution is 2.29. The molecule has 100 valence electrons. The van der Waals surface area contributed by atoms with Gasteiger partial charge in [-0.2, -0.15) is 0 Å². The molecule has 0 bridgehead atoms. The Morgan fingerprint density at radius 1 is 1.44 bits per heavy atom. The molecule has 1 aliphatic rings. The summed E-state index contributed by atoms with van der Waals surface area (Å²) in [5.74, 6) is 0.0749. The van der Waals surface area contributed by atoms with Crippen molar-refractivity contribution in [2.24, 2.45) is 0 Å². The number of ether oxygens (including phenoxy) is 1. The maximum Gasteiger partial charge on any atom is 0.261 e. The van der Waals surface area contributed by atoms with Gasteiger partial charge in [0.15, 0.2) is 0 Å². The van der Waals surface area contributed by atoms with E-state index in [9.17, 15) is 4.79 Å². The molecule has 0 aliphatic heterocycles. The molecule has 0 spiro atoms. The van der Waals surface area contributed by atoms with Crippen molar-refractivity contribution in [2.45, 2.75) is 39.0 Å². The zero-order valence-electron chi connectivity index (χ0n) is 11.0. The van der Waals surface area contributed by atoms with Crippen molar-refractivity contribution in [3.8, 4) is 0 Å². The van der Waals surface area contributed by atoms with Gasteiger partial charge in [0.1, 0.15) is 0 Å². The molecule has 0 saturated carbocycles. The fourth-order valence-corrected chi connectivity index (χ4v) is 3.38. The molecule has 1 amide bonds. The Morgan fingerprint density at radius 3 is 3.06 bits per heavy atom. The second kappa shape index (κ2) is 6.90. The van der Waals surface area contributed by atoms with Crippen LogP contribution in [0.2, 0.25) is 0 Å². The molecule has 0 saturated heterocycles. The van der Waals surface area contributed by atoms with Crippen LogP contribution in [0.4, 0.5) is 0 Å². The van der Waals surface area contributed by atoms with Gasteiger partial charge in [0.25, 0.3) is 5.91 Å². The van der Waals surface area contributed by atoms with Gasteiger partial charge >= 0.3 is 0 Å². The van der Waals surface area contributed by atoms with Crippen LogP contribution in [0, 0.1) is 0 Å². The SMILES string of the molecule is CCOCCCNC(=O)c1cc2c(s1)CCCC2. The van der Waals surface area contributed by atoms with E-state index in [2.05, 4.69) is 11.4 Å². The molecule has 0 atom stereocenters. The van der Waals surface area contributed by atoms with Crippen molar-refractivity contribution < 1.29 is 9.53 Å². The zero-order chi connectivity index (χ0) is 12.8. The van der Waals surface area contributed by atoms with Crippen LogP contribution in [0.3, 0.4) is 0 Å². The number of amides is 1. The number of fused-ring (bicyclic) bond motifs is 1. The Bertz CT molecular complexity index is 377. The molecule has 0 radical (unpaired) electrons. The van der Waals surface area contributed by atoms with Crippen LogP contribution in [-0.2, 0) is 17.6 Å². The average Bonchev–Trinajstić information content (AvgIpc) is 2.82. The van der Waals surface area contributed by atoms with Crippen LogP contribution in [0.25, 0.3) is 0 Å². The number of nitrogens with one attached hydrogen (secondary N) is 1. The molecular weight excluding hydrogens is 246 g/mol. The molecule has 2 rings (SSSR count). The van der Waals surface area contributed by atoms with E-state index in [0.29, 0.717) is 6.54 Å². The van der Waals surface area contributed by atoms with Crippen molar-refractivity contribution in [3.05, 3.63) is 21.4 Å². The molecule has 4 heteroatoms. The largest absolute Gasteiger partial charge is 0.382 e. The Morgan fingerprint density at radius 2 is 2.28 bits per heavy atom. The summed E-state index contributed by atoms with van der Waals surface area (Å²) < 4.78 is 5.24. The van der Waals surface area contributed by atoms with E-state index in [1.54, 1.807) is 11.3 Å². The molecule has 1 aromatic heterocycles. The van der Waals surface area contributed by atoms with Crippen molar-refractivity contribution >= 4 is 17.2 Å². The second-order valence-electron chi connectivity index (χ2n) is 4.57. The van der Waals surface area contributed by atoms with Crippen LogP contribution in [0.15, 0.2) is 6.07 Å². The van der Waals surface area contributed by atoms with Crippen LogP contribution in [-0.4, -0.2) is 25.7 Å². The molecule has 1 aromatic rings. The highest BCUT2D eigenvalue weighted by Gasteiger charge is 2.16. The minimum Gasteiger partial charge on any atom is -0.382 e. The summed E-state index contributed by atoms with van der Waals surface area (Å²) in [5.41, 5.74) is 1.39. The molecule has 0 fully saturated rings. The Balaban J connectivity index is 1.80. The maximum atomic E-state index is 12.0. The molecule has 1 heterocycles. The lowest BCUT2D eigenvalue weighted by Crippen LogP contribution is -2.24. The fourth-order valence-electron chi connectivity index (χ4n) is 2.21. The van der Waals surface area contributed by atoms with Gasteiger partial charge in [0.05, 0.1) is 4.88 Å². The fraction of sp³-hybridized carbons (Fsp3) is 0.643. The molecule has 1 aliphatic carbocycles. The molecule has 3 nitrogen and oxygen atoms in total. The van der Waals surface area contributed by atoms with Gasteiger partial charge in [-0.3, -0.25) is 4.79 Å². The molecule has 0 aromatic carbocycles. The summed E-state index contributed by atoms with van der Waals surface area (Å²) in [6.45, 7) is 4.14. The first-order valence-corrected chi connectivity index (χ1v) is 7.60. The lowest BCUT2D eigenvalue weighted by Gasteiger charge is -2.08. The van der Waals surface area contributed by atoms with E-state index in [-0.39, 0.29) is 5.91 Å². The first kappa shape index (κ1) is 13.6. The quantitative estimate of drug-likeness (QED) is 0.805. The van der Waals surface area contributed by atoms with Gasteiger partial charge < -0.3 is 10.1 Å². The van der Waals surface area contributed by atoms with E-state index in [1.165, 1.54) is 23.3 Å². The van der Waals surface area contributed by atoms with Gasteiger partial charge in [-0.05, 0) is 50.7 Å². The number of aryl methyl sites for hydroxylation is 2. The van der Waals surface area contributed by atoms with Gasteiger partial charge in [0.2, 0.25) is 0 Å². The van der Waals surface area contributed by atoms with Crippen molar-refractivity contribution in [1.82, 2.24) is 5.32 Å². The third-order valence-electron chi connectivity index (χ3n) is 3.18. The number of thiophene rings is 1. The van der Waals surface area contributed by atoms with E-state index >= 15 is 0 Å². The molecular formula is C14H21NO2S. The van der Waals surface area contributed by atoms with Gasteiger partial charge in [-0.1, -0.05) is 0 Å². The lowest BCUT2D eigenvalue weighted by atomic mass is 9.99. The van der Waals surface area contributed by atoms with Crippen LogP contribution in [0.5, 0.6) is 0 Å². The van der Waals surface area contributed by atoms with Crippen molar-refractivity contribution in [1.29, 1.82) is 0 Å². The van der Waals surface area contributed by atoms with E-state index in [1.807, 2.05) is 6.92 Å². The normalized spacial score (nSPS) is 14.3. The summed E-state index contributed by atoms with van der Waals surface area (Å²) >= 11 is 1.67. The highest BCUT2D eigenvalue weighted by molar-refractivity contribution is 7.14. The maximum absolute atomic E-state index is 12.0. The average molecular weight is 267 g/mol. The third kappa shape index (κ3) is 3.56. The second-order valence-corrected chi connectivity index (χ2v) is 5.71.